The van der Waals surface area contributed by atoms with Crippen molar-refractivity contribution in [2.24, 2.45) is 10.7 Å². The molecule has 0 bridgehead atoms. The molecule has 0 amide bonds. The van der Waals surface area contributed by atoms with Crippen molar-refractivity contribution in [1.82, 2.24) is 0 Å². The largest absolute Gasteiger partial charge is 0.466 e. The third-order valence-corrected chi connectivity index (χ3v) is 3.11. The second kappa shape index (κ2) is 10.5. The van der Waals surface area contributed by atoms with Gasteiger partial charge in [0.05, 0.1) is 12.8 Å². The van der Waals surface area contributed by atoms with Gasteiger partial charge < -0.3 is 10.5 Å². The molecule has 0 saturated carbocycles. The predicted octanol–water partition coefficient (Wildman–Crippen LogP) is 3.45. The summed E-state index contributed by atoms with van der Waals surface area (Å²) in [6.45, 7) is 1.97. The maximum absolute atomic E-state index is 11.5. The Labute approximate surface area is 134 Å². The molecule has 0 unspecified atom stereocenters. The molecule has 0 heterocycles. The van der Waals surface area contributed by atoms with Gasteiger partial charge in [-0.1, -0.05) is 43.0 Å². The number of aliphatic imine (C=N–C) groups is 1. The number of carbonyl (C=O) groups excluding carboxylic acids is 1. The number of para-hydroxylation sites is 1. The standard InChI is InChI=1S/C14H18N2O2S.BrH/c1-3-7-11(13(17)18-2)10-19-14(15)16-12-8-5-4-6-9-12;/h4-9H,3,10H2,1-2H3,(H2,15,16);1H/b11-7+;. The molecule has 0 radical (unpaired) electrons. The highest BCUT2D eigenvalue weighted by atomic mass is 79.9. The molecule has 1 aromatic carbocycles. The van der Waals surface area contributed by atoms with Gasteiger partial charge in [-0.05, 0) is 18.6 Å². The van der Waals surface area contributed by atoms with E-state index >= 15 is 0 Å². The molecular formula is C14H19BrN2O2S. The SMILES string of the molecule is Br.CC/C=C(\CSC(N)=Nc1ccccc1)C(=O)OC. The van der Waals surface area contributed by atoms with E-state index in [9.17, 15) is 4.79 Å². The van der Waals surface area contributed by atoms with E-state index in [1.807, 2.05) is 43.3 Å². The van der Waals surface area contributed by atoms with Gasteiger partial charge in [0, 0.05) is 11.3 Å². The first-order valence-corrected chi connectivity index (χ1v) is 6.95. The first kappa shape index (κ1) is 18.7. The average molecular weight is 359 g/mol. The van der Waals surface area contributed by atoms with E-state index in [4.69, 9.17) is 10.5 Å². The van der Waals surface area contributed by atoms with Crippen LogP contribution in [0.4, 0.5) is 5.69 Å². The Balaban J connectivity index is 0.00000361. The summed E-state index contributed by atoms with van der Waals surface area (Å²) in [6, 6.07) is 9.45. The number of thioether (sulfide) groups is 1. The third kappa shape index (κ3) is 6.77. The number of rotatable bonds is 5. The lowest BCUT2D eigenvalue weighted by atomic mass is 10.2. The van der Waals surface area contributed by atoms with Gasteiger partial charge in [-0.15, -0.1) is 17.0 Å². The van der Waals surface area contributed by atoms with Crippen LogP contribution in [0.5, 0.6) is 0 Å². The van der Waals surface area contributed by atoms with Crippen molar-refractivity contribution in [3.05, 3.63) is 42.0 Å². The van der Waals surface area contributed by atoms with Crippen LogP contribution in [0.3, 0.4) is 0 Å². The number of hydrogen-bond acceptors (Lipinski definition) is 4. The summed E-state index contributed by atoms with van der Waals surface area (Å²) in [6.07, 6.45) is 2.62. The molecule has 0 aliphatic heterocycles. The van der Waals surface area contributed by atoms with Crippen LogP contribution in [0.1, 0.15) is 13.3 Å². The zero-order valence-electron chi connectivity index (χ0n) is 11.5. The van der Waals surface area contributed by atoms with Crippen molar-refractivity contribution in [3.63, 3.8) is 0 Å². The van der Waals surface area contributed by atoms with Crippen molar-refractivity contribution < 1.29 is 9.53 Å². The Bertz CT molecular complexity index is 475. The normalized spacial score (nSPS) is 11.7. The van der Waals surface area contributed by atoms with Crippen molar-refractivity contribution >= 4 is 45.6 Å². The molecule has 20 heavy (non-hydrogen) atoms. The highest BCUT2D eigenvalue weighted by molar-refractivity contribution is 8.93. The van der Waals surface area contributed by atoms with E-state index in [0.717, 1.165) is 12.1 Å². The first-order valence-electron chi connectivity index (χ1n) is 5.96. The fraction of sp³-hybridized carbons (Fsp3) is 0.286. The zero-order chi connectivity index (χ0) is 14.1. The minimum absolute atomic E-state index is 0. The van der Waals surface area contributed by atoms with Gasteiger partial charge in [-0.2, -0.15) is 0 Å². The zero-order valence-corrected chi connectivity index (χ0v) is 14.1. The van der Waals surface area contributed by atoms with Crippen LogP contribution in [0, 0.1) is 0 Å². The van der Waals surface area contributed by atoms with E-state index < -0.39 is 0 Å². The van der Waals surface area contributed by atoms with Crippen LogP contribution in [0.2, 0.25) is 0 Å². The second-order valence-corrected chi connectivity index (χ2v) is 4.70. The van der Waals surface area contributed by atoms with Crippen molar-refractivity contribution in [2.75, 3.05) is 12.9 Å². The Morgan fingerprint density at radius 2 is 2.05 bits per heavy atom. The summed E-state index contributed by atoms with van der Waals surface area (Å²) in [5.74, 6) is 0.143. The van der Waals surface area contributed by atoms with Crippen LogP contribution < -0.4 is 5.73 Å². The topological polar surface area (TPSA) is 64.7 Å². The molecule has 0 atom stereocenters. The molecule has 0 aromatic heterocycles. The van der Waals surface area contributed by atoms with Crippen LogP contribution in [-0.2, 0) is 9.53 Å². The van der Waals surface area contributed by atoms with E-state index in [2.05, 4.69) is 4.99 Å². The van der Waals surface area contributed by atoms with Crippen LogP contribution in [0.25, 0.3) is 0 Å². The Morgan fingerprint density at radius 1 is 1.40 bits per heavy atom. The lowest BCUT2D eigenvalue weighted by molar-refractivity contribution is -0.136. The lowest BCUT2D eigenvalue weighted by Gasteiger charge is -2.05. The number of ether oxygens (including phenoxy) is 1. The summed E-state index contributed by atoms with van der Waals surface area (Å²) in [5, 5.41) is 0.428. The number of methoxy groups -OCH3 is 1. The number of halogens is 1. The maximum atomic E-state index is 11.5. The molecule has 0 aliphatic rings. The van der Waals surface area contributed by atoms with Gasteiger partial charge in [-0.3, -0.25) is 0 Å². The summed E-state index contributed by atoms with van der Waals surface area (Å²) in [4.78, 5) is 15.7. The van der Waals surface area contributed by atoms with E-state index in [0.29, 0.717) is 16.5 Å². The number of nitrogens with two attached hydrogens (primary N) is 1. The van der Waals surface area contributed by atoms with E-state index in [-0.39, 0.29) is 23.0 Å². The monoisotopic (exact) mass is 358 g/mol. The number of allylic oxidation sites excluding steroid dienone is 1. The molecule has 2 N–H and O–H groups in total. The number of nitrogens with zero attached hydrogens (tertiary/aromatic N) is 1. The molecule has 0 saturated heterocycles. The van der Waals surface area contributed by atoms with Gasteiger partial charge in [0.1, 0.15) is 0 Å². The summed E-state index contributed by atoms with van der Waals surface area (Å²) >= 11 is 1.32. The highest BCUT2D eigenvalue weighted by Crippen LogP contribution is 2.15. The van der Waals surface area contributed by atoms with Crippen LogP contribution in [0.15, 0.2) is 47.0 Å². The van der Waals surface area contributed by atoms with Gasteiger partial charge in [0.25, 0.3) is 0 Å². The van der Waals surface area contributed by atoms with Crippen LogP contribution >= 0.6 is 28.7 Å². The molecule has 0 fully saturated rings. The number of benzene rings is 1. The number of hydrogen-bond donors (Lipinski definition) is 1. The minimum atomic E-state index is -0.318. The maximum Gasteiger partial charge on any atom is 0.334 e. The van der Waals surface area contributed by atoms with Gasteiger partial charge in [-0.25, -0.2) is 9.79 Å². The molecule has 0 spiro atoms. The van der Waals surface area contributed by atoms with Crippen molar-refractivity contribution in [1.29, 1.82) is 0 Å². The Kier molecular flexibility index (Phi) is 9.84. The molecule has 6 heteroatoms. The molecule has 4 nitrogen and oxygen atoms in total. The fourth-order valence-corrected chi connectivity index (χ4v) is 2.10. The average Bonchev–Trinajstić information content (AvgIpc) is 2.43. The van der Waals surface area contributed by atoms with Gasteiger partial charge in [0.2, 0.25) is 0 Å². The summed E-state index contributed by atoms with van der Waals surface area (Å²) in [5.41, 5.74) is 7.24. The number of amidine groups is 1. The quantitative estimate of drug-likeness (QED) is 0.379. The fourth-order valence-electron chi connectivity index (χ4n) is 1.39. The molecule has 110 valence electrons. The smallest absolute Gasteiger partial charge is 0.334 e. The van der Waals surface area contributed by atoms with E-state index in [1.54, 1.807) is 0 Å². The second-order valence-electron chi connectivity index (χ2n) is 3.70. The summed E-state index contributed by atoms with van der Waals surface area (Å²) in [7, 11) is 1.37. The van der Waals surface area contributed by atoms with Gasteiger partial charge >= 0.3 is 5.97 Å². The summed E-state index contributed by atoms with van der Waals surface area (Å²) < 4.78 is 4.71. The molecule has 1 rings (SSSR count). The molecule has 0 aliphatic carbocycles. The molecular weight excluding hydrogens is 340 g/mol. The first-order chi connectivity index (χ1) is 9.17. The third-order valence-electron chi connectivity index (χ3n) is 2.27. The number of esters is 1. The Morgan fingerprint density at radius 3 is 2.60 bits per heavy atom. The lowest BCUT2D eigenvalue weighted by Crippen LogP contribution is -2.12. The highest BCUT2D eigenvalue weighted by Gasteiger charge is 2.09. The Hall–Kier alpha value is -1.27. The van der Waals surface area contributed by atoms with Crippen molar-refractivity contribution in [2.45, 2.75) is 13.3 Å². The molecule has 1 aromatic rings. The van der Waals surface area contributed by atoms with Crippen LogP contribution in [-0.4, -0.2) is 24.0 Å². The number of carbonyl (C=O) groups is 1. The minimum Gasteiger partial charge on any atom is -0.466 e. The predicted molar refractivity (Wildman–Crippen MR) is 90.9 cm³/mol. The van der Waals surface area contributed by atoms with E-state index in [1.165, 1.54) is 18.9 Å². The van der Waals surface area contributed by atoms with Gasteiger partial charge in [0.15, 0.2) is 5.17 Å². The van der Waals surface area contributed by atoms with Crippen molar-refractivity contribution in [3.8, 4) is 0 Å².